The van der Waals surface area contributed by atoms with Crippen LogP contribution in [0.15, 0.2) is 199 Å². The summed E-state index contributed by atoms with van der Waals surface area (Å²) in [5, 5.41) is 0. The molecule has 2 unspecified atom stereocenters. The molecule has 0 N–H and O–H groups in total. The summed E-state index contributed by atoms with van der Waals surface area (Å²) in [6, 6.07) is 60.0. The number of hydrogen-bond acceptors (Lipinski definition) is 6. The molecule has 6 heteroatoms. The van der Waals surface area contributed by atoms with Crippen LogP contribution in [0.4, 0.5) is 0 Å². The largest absolute Gasteiger partial charge is 0.484 e. The molecule has 0 amide bonds. The zero-order valence-electron chi connectivity index (χ0n) is 31.2. The summed E-state index contributed by atoms with van der Waals surface area (Å²) in [6.45, 7) is 0. The van der Waals surface area contributed by atoms with E-state index in [1.807, 2.05) is 84.9 Å². The number of oxazole rings is 1. The van der Waals surface area contributed by atoms with Gasteiger partial charge < -0.3 is 9.15 Å². The van der Waals surface area contributed by atoms with Crippen LogP contribution in [-0.4, -0.2) is 26.0 Å². The molecule has 1 aliphatic heterocycles. The number of benzene rings is 7. The van der Waals surface area contributed by atoms with Crippen molar-refractivity contribution < 1.29 is 9.15 Å². The second kappa shape index (κ2) is 14.1. The molecule has 3 heterocycles. The number of para-hydroxylation sites is 1. The van der Waals surface area contributed by atoms with Gasteiger partial charge in [0.15, 0.2) is 23.1 Å². The molecule has 0 spiro atoms. The Morgan fingerprint density at radius 3 is 1.71 bits per heavy atom. The minimum absolute atomic E-state index is 0.0603. The predicted octanol–water partition coefficient (Wildman–Crippen LogP) is 12.5. The van der Waals surface area contributed by atoms with Gasteiger partial charge in [0.05, 0.1) is 5.56 Å². The summed E-state index contributed by atoms with van der Waals surface area (Å²) in [5.74, 6) is 3.27. The lowest BCUT2D eigenvalue weighted by molar-refractivity contribution is 0.270. The summed E-state index contributed by atoms with van der Waals surface area (Å²) >= 11 is 0. The van der Waals surface area contributed by atoms with Gasteiger partial charge in [-0.1, -0.05) is 158 Å². The molecule has 1 aliphatic carbocycles. The van der Waals surface area contributed by atoms with E-state index in [0.29, 0.717) is 23.4 Å². The maximum absolute atomic E-state index is 6.80. The molecule has 58 heavy (non-hydrogen) atoms. The Hall–Kier alpha value is -7.70. The van der Waals surface area contributed by atoms with Gasteiger partial charge in [-0.15, -0.1) is 0 Å². The van der Waals surface area contributed by atoms with Crippen molar-refractivity contribution in [2.24, 2.45) is 0 Å². The second-order valence-electron chi connectivity index (χ2n) is 14.6. The minimum atomic E-state index is -0.189. The number of ether oxygens (including phenoxy) is 1. The van der Waals surface area contributed by atoms with Gasteiger partial charge in [-0.2, -0.15) is 0 Å². The first-order valence-electron chi connectivity index (χ1n) is 19.4. The number of aromatic nitrogens is 4. The Kier molecular flexibility index (Phi) is 8.18. The summed E-state index contributed by atoms with van der Waals surface area (Å²) in [7, 11) is 0. The molecular formula is C52H34N4O2. The number of rotatable bonds is 7. The third-order valence-corrected chi connectivity index (χ3v) is 10.9. The van der Waals surface area contributed by atoms with E-state index in [2.05, 4.69) is 109 Å². The van der Waals surface area contributed by atoms with Gasteiger partial charge in [-0.25, -0.2) is 19.9 Å². The van der Waals surface area contributed by atoms with E-state index in [1.54, 1.807) is 0 Å². The Morgan fingerprint density at radius 1 is 0.431 bits per heavy atom. The van der Waals surface area contributed by atoms with E-state index in [9.17, 15) is 0 Å². The smallest absolute Gasteiger partial charge is 0.227 e. The highest BCUT2D eigenvalue weighted by Crippen LogP contribution is 2.47. The zero-order chi connectivity index (χ0) is 38.4. The van der Waals surface area contributed by atoms with Crippen LogP contribution in [0.25, 0.3) is 84.5 Å². The fourth-order valence-corrected chi connectivity index (χ4v) is 7.97. The molecule has 0 radical (unpaired) electrons. The molecule has 0 saturated carbocycles. The molecule has 0 bridgehead atoms. The van der Waals surface area contributed by atoms with Crippen molar-refractivity contribution in [3.63, 3.8) is 0 Å². The van der Waals surface area contributed by atoms with Crippen molar-refractivity contribution in [1.29, 1.82) is 0 Å². The van der Waals surface area contributed by atoms with Crippen LogP contribution in [-0.2, 0) is 0 Å². The van der Waals surface area contributed by atoms with E-state index >= 15 is 0 Å². The Balaban J connectivity index is 0.876. The summed E-state index contributed by atoms with van der Waals surface area (Å²) in [6.07, 6.45) is 6.44. The monoisotopic (exact) mass is 746 g/mol. The lowest BCUT2D eigenvalue weighted by atomic mass is 9.87. The Bertz CT molecular complexity index is 2970. The topological polar surface area (TPSA) is 73.9 Å². The number of fused-ring (bicyclic) bond motifs is 4. The molecular weight excluding hydrogens is 713 g/mol. The molecule has 274 valence electrons. The predicted molar refractivity (Wildman–Crippen MR) is 231 cm³/mol. The van der Waals surface area contributed by atoms with E-state index in [1.165, 1.54) is 11.1 Å². The number of allylic oxidation sites excluding steroid dienone is 2. The van der Waals surface area contributed by atoms with Crippen LogP contribution >= 0.6 is 0 Å². The molecule has 0 fully saturated rings. The van der Waals surface area contributed by atoms with Crippen LogP contribution in [0.1, 0.15) is 17.0 Å². The van der Waals surface area contributed by atoms with E-state index in [0.717, 1.165) is 66.9 Å². The minimum Gasteiger partial charge on any atom is -0.484 e. The van der Waals surface area contributed by atoms with Gasteiger partial charge in [-0.05, 0) is 69.8 Å². The van der Waals surface area contributed by atoms with Gasteiger partial charge >= 0.3 is 0 Å². The maximum atomic E-state index is 6.80. The average Bonchev–Trinajstić information content (AvgIpc) is 3.91. The van der Waals surface area contributed by atoms with Gasteiger partial charge in [0.2, 0.25) is 5.89 Å². The van der Waals surface area contributed by atoms with Crippen LogP contribution in [0.5, 0.6) is 5.75 Å². The zero-order valence-corrected chi connectivity index (χ0v) is 31.2. The number of hydrogen-bond donors (Lipinski definition) is 0. The van der Waals surface area contributed by atoms with Crippen molar-refractivity contribution >= 4 is 16.7 Å². The van der Waals surface area contributed by atoms with Crippen molar-refractivity contribution in [2.75, 3.05) is 0 Å². The third-order valence-electron chi connectivity index (χ3n) is 10.9. The fraction of sp³-hybridized carbons (Fsp3) is 0.0385. The average molecular weight is 747 g/mol. The molecule has 11 rings (SSSR count). The molecule has 7 aromatic carbocycles. The van der Waals surface area contributed by atoms with Crippen molar-refractivity contribution in [3.05, 3.63) is 205 Å². The highest BCUT2D eigenvalue weighted by molar-refractivity contribution is 5.86. The first-order valence-corrected chi connectivity index (χ1v) is 19.4. The molecule has 9 aromatic rings. The fourth-order valence-electron chi connectivity index (χ4n) is 7.97. The lowest BCUT2D eigenvalue weighted by Gasteiger charge is -2.18. The molecule has 2 aliphatic rings. The molecule has 2 atom stereocenters. The van der Waals surface area contributed by atoms with Crippen molar-refractivity contribution in [2.45, 2.75) is 12.0 Å². The van der Waals surface area contributed by atoms with Crippen molar-refractivity contribution in [1.82, 2.24) is 19.9 Å². The summed E-state index contributed by atoms with van der Waals surface area (Å²) in [4.78, 5) is 19.7. The quantitative estimate of drug-likeness (QED) is 0.162. The maximum Gasteiger partial charge on any atom is 0.227 e. The van der Waals surface area contributed by atoms with E-state index in [4.69, 9.17) is 29.1 Å². The van der Waals surface area contributed by atoms with Crippen LogP contribution in [0.3, 0.4) is 0 Å². The van der Waals surface area contributed by atoms with E-state index < -0.39 is 0 Å². The first-order chi connectivity index (χ1) is 28.7. The molecule has 2 aromatic heterocycles. The normalized spacial score (nSPS) is 15.4. The second-order valence-corrected chi connectivity index (χ2v) is 14.6. The van der Waals surface area contributed by atoms with Gasteiger partial charge in [0, 0.05) is 28.2 Å². The molecule has 6 nitrogen and oxygen atoms in total. The summed E-state index contributed by atoms with van der Waals surface area (Å²) < 4.78 is 13.2. The third kappa shape index (κ3) is 6.17. The highest BCUT2D eigenvalue weighted by Gasteiger charge is 2.36. The SMILES string of the molecule is C1=CC2c3cccc(-c4nc(-c5ccccc5)nc(-c5ccccc5)n4)c3OC2C=C1c1ccc2nc(-c3cccc(-c4ccc(-c5ccccc5)cc4)c3)oc2c1. The first kappa shape index (κ1) is 33.6. The van der Waals surface area contributed by atoms with Crippen LogP contribution in [0.2, 0.25) is 0 Å². The van der Waals surface area contributed by atoms with Gasteiger partial charge in [0.1, 0.15) is 17.4 Å². The van der Waals surface area contributed by atoms with Crippen LogP contribution in [0, 0.1) is 0 Å². The lowest BCUT2D eigenvalue weighted by Crippen LogP contribution is -2.17. The Morgan fingerprint density at radius 2 is 1.00 bits per heavy atom. The Labute approximate surface area is 335 Å². The summed E-state index contributed by atoms with van der Waals surface area (Å²) in [5.41, 5.74) is 13.0. The van der Waals surface area contributed by atoms with Crippen LogP contribution < -0.4 is 4.74 Å². The molecule has 0 saturated heterocycles. The highest BCUT2D eigenvalue weighted by atomic mass is 16.5. The van der Waals surface area contributed by atoms with E-state index in [-0.39, 0.29) is 12.0 Å². The van der Waals surface area contributed by atoms with Crippen molar-refractivity contribution in [3.8, 4) is 73.6 Å². The standard InChI is InChI=1S/C52H34N4O2/c1-4-12-33(13-5-1)34-22-24-35(25-23-34)38-18-10-19-41(30-38)52-53-45-29-27-40(32-47(45)58-52)39-26-28-42-43-20-11-21-44(48(43)57-46(42)31-39)51-55-49(36-14-6-2-7-15-36)54-50(56-51)37-16-8-3-9-17-37/h1-32,42,46H. The van der Waals surface area contributed by atoms with Gasteiger partial charge in [0.25, 0.3) is 0 Å². The number of nitrogens with zero attached hydrogens (tertiary/aromatic N) is 4. The van der Waals surface area contributed by atoms with Gasteiger partial charge in [-0.3, -0.25) is 0 Å².